The Morgan fingerprint density at radius 3 is 2.47 bits per heavy atom. The molecule has 0 aliphatic rings. The number of likely N-dealkylation sites (N-methyl/N-ethyl adjacent to an activating group) is 1. The van der Waals surface area contributed by atoms with Crippen molar-refractivity contribution in [3.8, 4) is 0 Å². The Morgan fingerprint density at radius 2 is 1.89 bits per heavy atom. The van der Waals surface area contributed by atoms with Crippen molar-refractivity contribution in [1.82, 2.24) is 9.88 Å². The molecule has 0 N–H and O–H groups in total. The topological polar surface area (TPSA) is 19.4 Å². The van der Waals surface area contributed by atoms with E-state index in [0.29, 0.717) is 0 Å². The van der Waals surface area contributed by atoms with Crippen LogP contribution in [0.5, 0.6) is 0 Å². The fourth-order valence-electron chi connectivity index (χ4n) is 2.06. The van der Waals surface area contributed by atoms with E-state index in [2.05, 4.69) is 52.2 Å². The maximum Gasteiger partial charge on any atom is 0.133 e. The summed E-state index contributed by atoms with van der Waals surface area (Å²) < 4.78 is 0. The van der Waals surface area contributed by atoms with Gasteiger partial charge in [0, 0.05) is 19.3 Å². The fourth-order valence-corrected chi connectivity index (χ4v) is 2.82. The summed E-state index contributed by atoms with van der Waals surface area (Å²) >= 11 is 1.76. The molecule has 2 aromatic rings. The van der Waals surface area contributed by atoms with Crippen LogP contribution >= 0.6 is 11.3 Å². The minimum absolute atomic E-state index is 0.971. The number of aromatic nitrogens is 1. The Kier molecular flexibility index (Phi) is 5.36. The molecular weight excluding hydrogens is 254 g/mol. The molecule has 19 heavy (non-hydrogen) atoms. The predicted octanol–water partition coefficient (Wildman–Crippen LogP) is 3.62. The van der Waals surface area contributed by atoms with Gasteiger partial charge in [-0.3, -0.25) is 0 Å². The van der Waals surface area contributed by atoms with Gasteiger partial charge in [0.1, 0.15) is 5.82 Å². The third kappa shape index (κ3) is 3.78. The third-order valence-corrected chi connectivity index (χ3v) is 4.12. The van der Waals surface area contributed by atoms with Crippen LogP contribution in [0.15, 0.2) is 41.9 Å². The summed E-state index contributed by atoms with van der Waals surface area (Å²) in [6, 6.07) is 10.3. The van der Waals surface area contributed by atoms with Crippen molar-refractivity contribution < 1.29 is 0 Å². The van der Waals surface area contributed by atoms with E-state index in [0.717, 1.165) is 32.0 Å². The van der Waals surface area contributed by atoms with Crippen LogP contribution in [0.2, 0.25) is 0 Å². The van der Waals surface area contributed by atoms with Gasteiger partial charge in [-0.25, -0.2) is 4.98 Å². The van der Waals surface area contributed by atoms with E-state index in [1.54, 1.807) is 11.3 Å². The highest BCUT2D eigenvalue weighted by Crippen LogP contribution is 2.27. The van der Waals surface area contributed by atoms with E-state index in [4.69, 9.17) is 0 Å². The van der Waals surface area contributed by atoms with E-state index < -0.39 is 0 Å². The molecule has 0 saturated heterocycles. The van der Waals surface area contributed by atoms with Crippen LogP contribution in [0.25, 0.3) is 0 Å². The molecule has 0 aliphatic heterocycles. The van der Waals surface area contributed by atoms with Crippen molar-refractivity contribution in [1.29, 1.82) is 0 Å². The van der Waals surface area contributed by atoms with E-state index in [9.17, 15) is 0 Å². The maximum atomic E-state index is 4.48. The van der Waals surface area contributed by atoms with Gasteiger partial charge in [-0.15, -0.1) is 11.3 Å². The molecule has 0 amide bonds. The number of pyridine rings is 1. The zero-order valence-corrected chi connectivity index (χ0v) is 12.4. The normalized spacial score (nSPS) is 10.9. The van der Waals surface area contributed by atoms with Crippen molar-refractivity contribution in [3.63, 3.8) is 0 Å². The number of nitrogens with zero attached hydrogens (tertiary/aromatic N) is 3. The standard InChI is InChI=1S/C15H21N3S/c1-3-17(4-2)11-12-18(15-9-7-13-19-15)14-8-5-6-10-16-14/h5-10,13H,3-4,11-12H2,1-2H3. The first-order valence-corrected chi connectivity index (χ1v) is 7.67. The summed E-state index contributed by atoms with van der Waals surface area (Å²) in [7, 11) is 0. The first-order valence-electron chi connectivity index (χ1n) is 6.79. The summed E-state index contributed by atoms with van der Waals surface area (Å²) in [5.74, 6) is 1.03. The minimum Gasteiger partial charge on any atom is -0.317 e. The van der Waals surface area contributed by atoms with Crippen molar-refractivity contribution in [2.75, 3.05) is 31.1 Å². The van der Waals surface area contributed by atoms with Gasteiger partial charge in [0.05, 0.1) is 5.00 Å². The Balaban J connectivity index is 2.12. The minimum atomic E-state index is 0.971. The highest BCUT2D eigenvalue weighted by atomic mass is 32.1. The number of hydrogen-bond donors (Lipinski definition) is 0. The van der Waals surface area contributed by atoms with Gasteiger partial charge < -0.3 is 9.80 Å². The van der Waals surface area contributed by atoms with Gasteiger partial charge in [-0.2, -0.15) is 0 Å². The van der Waals surface area contributed by atoms with Crippen LogP contribution in [0, 0.1) is 0 Å². The molecule has 0 fully saturated rings. The summed E-state index contributed by atoms with van der Waals surface area (Å²) in [6.45, 7) is 8.63. The molecule has 0 spiro atoms. The average molecular weight is 275 g/mol. The van der Waals surface area contributed by atoms with Crippen LogP contribution in [0.1, 0.15) is 13.8 Å². The SMILES string of the molecule is CCN(CC)CCN(c1ccccn1)c1cccs1. The van der Waals surface area contributed by atoms with Crippen LogP contribution < -0.4 is 4.90 Å². The zero-order chi connectivity index (χ0) is 13.5. The van der Waals surface area contributed by atoms with Crippen molar-refractivity contribution in [3.05, 3.63) is 41.9 Å². The number of thiophene rings is 1. The molecule has 2 aromatic heterocycles. The summed E-state index contributed by atoms with van der Waals surface area (Å²) in [5.41, 5.74) is 0. The first-order chi connectivity index (χ1) is 9.35. The predicted molar refractivity (Wildman–Crippen MR) is 83.4 cm³/mol. The number of hydrogen-bond acceptors (Lipinski definition) is 4. The lowest BCUT2D eigenvalue weighted by Gasteiger charge is -2.26. The van der Waals surface area contributed by atoms with Crippen LogP contribution in [-0.4, -0.2) is 36.1 Å². The second-order valence-electron chi connectivity index (χ2n) is 4.32. The smallest absolute Gasteiger partial charge is 0.133 e. The molecular formula is C15H21N3S. The Morgan fingerprint density at radius 1 is 1.05 bits per heavy atom. The number of rotatable bonds is 7. The van der Waals surface area contributed by atoms with Crippen molar-refractivity contribution in [2.24, 2.45) is 0 Å². The molecule has 0 aromatic carbocycles. The summed E-state index contributed by atoms with van der Waals surface area (Å²) in [4.78, 5) is 9.21. The van der Waals surface area contributed by atoms with Gasteiger partial charge >= 0.3 is 0 Å². The van der Waals surface area contributed by atoms with E-state index in [1.165, 1.54) is 5.00 Å². The van der Waals surface area contributed by atoms with E-state index >= 15 is 0 Å². The van der Waals surface area contributed by atoms with Crippen LogP contribution in [0.4, 0.5) is 10.8 Å². The highest BCUT2D eigenvalue weighted by Gasteiger charge is 2.12. The lowest BCUT2D eigenvalue weighted by molar-refractivity contribution is 0.312. The van der Waals surface area contributed by atoms with Crippen molar-refractivity contribution in [2.45, 2.75) is 13.8 Å². The lowest BCUT2D eigenvalue weighted by Crippen LogP contribution is -2.32. The average Bonchev–Trinajstić information content (AvgIpc) is 2.99. The third-order valence-electron chi connectivity index (χ3n) is 3.23. The van der Waals surface area contributed by atoms with Gasteiger partial charge in [-0.05, 0) is 42.7 Å². The Labute approximate surface area is 119 Å². The molecule has 2 heterocycles. The maximum absolute atomic E-state index is 4.48. The van der Waals surface area contributed by atoms with Gasteiger partial charge in [0.2, 0.25) is 0 Å². The fraction of sp³-hybridized carbons (Fsp3) is 0.400. The van der Waals surface area contributed by atoms with Gasteiger partial charge in [0.15, 0.2) is 0 Å². The first kappa shape index (κ1) is 14.0. The zero-order valence-electron chi connectivity index (χ0n) is 11.6. The molecule has 0 radical (unpaired) electrons. The second kappa shape index (κ2) is 7.26. The quantitative estimate of drug-likeness (QED) is 0.769. The molecule has 3 nitrogen and oxygen atoms in total. The van der Waals surface area contributed by atoms with Crippen molar-refractivity contribution >= 4 is 22.2 Å². The molecule has 2 rings (SSSR count). The second-order valence-corrected chi connectivity index (χ2v) is 5.24. The number of anilines is 2. The van der Waals surface area contributed by atoms with Gasteiger partial charge in [-0.1, -0.05) is 19.9 Å². The Bertz CT molecular complexity index is 452. The highest BCUT2D eigenvalue weighted by molar-refractivity contribution is 7.14. The molecule has 102 valence electrons. The molecule has 0 aliphatic carbocycles. The summed E-state index contributed by atoms with van der Waals surface area (Å²) in [5, 5.41) is 3.37. The van der Waals surface area contributed by atoms with E-state index in [1.807, 2.05) is 18.3 Å². The molecule has 0 saturated carbocycles. The largest absolute Gasteiger partial charge is 0.317 e. The van der Waals surface area contributed by atoms with Gasteiger partial charge in [0.25, 0.3) is 0 Å². The van der Waals surface area contributed by atoms with Crippen LogP contribution in [-0.2, 0) is 0 Å². The Hall–Kier alpha value is -1.39. The van der Waals surface area contributed by atoms with Crippen LogP contribution in [0.3, 0.4) is 0 Å². The lowest BCUT2D eigenvalue weighted by atomic mass is 10.4. The molecule has 4 heteroatoms. The monoisotopic (exact) mass is 275 g/mol. The molecule has 0 bridgehead atoms. The molecule has 0 unspecified atom stereocenters. The van der Waals surface area contributed by atoms with E-state index in [-0.39, 0.29) is 0 Å². The summed E-state index contributed by atoms with van der Waals surface area (Å²) in [6.07, 6.45) is 1.85. The molecule has 0 atom stereocenters.